The fourth-order valence-corrected chi connectivity index (χ4v) is 3.66. The minimum atomic E-state index is -3.52. The molecule has 0 aliphatic rings. The first-order valence-electron chi connectivity index (χ1n) is 8.98. The van der Waals surface area contributed by atoms with E-state index in [2.05, 4.69) is 5.32 Å². The van der Waals surface area contributed by atoms with Gasteiger partial charge in [-0.15, -0.1) is 0 Å². The normalized spacial score (nSPS) is 11.0. The van der Waals surface area contributed by atoms with E-state index in [1.54, 1.807) is 55.6 Å². The Morgan fingerprint density at radius 3 is 2.39 bits per heavy atom. The minimum absolute atomic E-state index is 0.180. The molecule has 2 rings (SSSR count). The Morgan fingerprint density at radius 1 is 1.11 bits per heavy atom. The molecule has 0 aromatic heterocycles. The van der Waals surface area contributed by atoms with Gasteiger partial charge in [-0.25, -0.2) is 8.42 Å². The van der Waals surface area contributed by atoms with Crippen LogP contribution in [0.1, 0.15) is 19.8 Å². The lowest BCUT2D eigenvalue weighted by molar-refractivity contribution is -0.116. The number of benzene rings is 2. The van der Waals surface area contributed by atoms with Crippen molar-refractivity contribution in [1.29, 1.82) is 0 Å². The lowest BCUT2D eigenvalue weighted by Crippen LogP contribution is -2.31. The van der Waals surface area contributed by atoms with Crippen molar-refractivity contribution in [3.63, 3.8) is 0 Å². The topological polar surface area (TPSA) is 84.9 Å². The maximum Gasteiger partial charge on any atom is 0.232 e. The Hall–Kier alpha value is -2.74. The summed E-state index contributed by atoms with van der Waals surface area (Å²) in [6, 6.07) is 14.0. The molecule has 2 aromatic rings. The Labute approximate surface area is 166 Å². The SMILES string of the molecule is CCOc1ccccc1N(CCCC(=O)Nc1ccc(OC)cc1)S(C)(=O)=O. The van der Waals surface area contributed by atoms with Crippen LogP contribution in [0.4, 0.5) is 11.4 Å². The van der Waals surface area contributed by atoms with Crippen LogP contribution in [0.25, 0.3) is 0 Å². The quantitative estimate of drug-likeness (QED) is 0.655. The summed E-state index contributed by atoms with van der Waals surface area (Å²) in [5.41, 5.74) is 1.13. The molecule has 0 unspecified atom stereocenters. The summed E-state index contributed by atoms with van der Waals surface area (Å²) >= 11 is 0. The molecular weight excluding hydrogens is 380 g/mol. The van der Waals surface area contributed by atoms with E-state index >= 15 is 0 Å². The Kier molecular flexibility index (Phi) is 7.69. The maximum atomic E-state index is 12.3. The predicted molar refractivity (Wildman–Crippen MR) is 111 cm³/mol. The fourth-order valence-electron chi connectivity index (χ4n) is 2.69. The van der Waals surface area contributed by atoms with E-state index in [9.17, 15) is 13.2 Å². The smallest absolute Gasteiger partial charge is 0.232 e. The van der Waals surface area contributed by atoms with Gasteiger partial charge in [-0.3, -0.25) is 9.10 Å². The molecule has 1 N–H and O–H groups in total. The number of carbonyl (C=O) groups excluding carboxylic acids is 1. The van der Waals surface area contributed by atoms with Gasteiger partial charge in [0.15, 0.2) is 0 Å². The summed E-state index contributed by atoms with van der Waals surface area (Å²) in [5.74, 6) is 1.02. The number of sulfonamides is 1. The van der Waals surface area contributed by atoms with Gasteiger partial charge in [0.25, 0.3) is 0 Å². The van der Waals surface area contributed by atoms with Gasteiger partial charge < -0.3 is 14.8 Å². The molecule has 0 heterocycles. The van der Waals surface area contributed by atoms with Gasteiger partial charge in [0.2, 0.25) is 15.9 Å². The first-order valence-corrected chi connectivity index (χ1v) is 10.8. The van der Waals surface area contributed by atoms with Crippen LogP contribution in [0.5, 0.6) is 11.5 Å². The zero-order chi connectivity index (χ0) is 20.6. The maximum absolute atomic E-state index is 12.3. The molecule has 152 valence electrons. The highest BCUT2D eigenvalue weighted by Crippen LogP contribution is 2.30. The van der Waals surface area contributed by atoms with Crippen molar-refractivity contribution >= 4 is 27.3 Å². The molecule has 0 spiro atoms. The minimum Gasteiger partial charge on any atom is -0.497 e. The van der Waals surface area contributed by atoms with Gasteiger partial charge >= 0.3 is 0 Å². The number of para-hydroxylation sites is 2. The summed E-state index contributed by atoms with van der Waals surface area (Å²) < 4.78 is 36.4. The van der Waals surface area contributed by atoms with Gasteiger partial charge in [-0.1, -0.05) is 12.1 Å². The van der Waals surface area contributed by atoms with Crippen LogP contribution in [0.15, 0.2) is 48.5 Å². The van der Waals surface area contributed by atoms with Gasteiger partial charge in [-0.2, -0.15) is 0 Å². The zero-order valence-corrected chi connectivity index (χ0v) is 17.2. The third-order valence-corrected chi connectivity index (χ3v) is 5.15. The van der Waals surface area contributed by atoms with Crippen molar-refractivity contribution < 1.29 is 22.7 Å². The van der Waals surface area contributed by atoms with Crippen molar-refractivity contribution in [2.24, 2.45) is 0 Å². The summed E-state index contributed by atoms with van der Waals surface area (Å²) in [5, 5.41) is 2.79. The van der Waals surface area contributed by atoms with Gasteiger partial charge in [-0.05, 0) is 49.7 Å². The second kappa shape index (κ2) is 9.98. The van der Waals surface area contributed by atoms with Crippen LogP contribution in [0, 0.1) is 0 Å². The lowest BCUT2D eigenvalue weighted by Gasteiger charge is -2.24. The molecule has 0 aliphatic carbocycles. The lowest BCUT2D eigenvalue weighted by atomic mass is 10.2. The molecule has 28 heavy (non-hydrogen) atoms. The highest BCUT2D eigenvalue weighted by Gasteiger charge is 2.21. The van der Waals surface area contributed by atoms with Crippen LogP contribution in [-0.4, -0.2) is 40.8 Å². The number of hydrogen-bond acceptors (Lipinski definition) is 5. The molecular formula is C20H26N2O5S. The number of anilines is 2. The number of methoxy groups -OCH3 is 1. The first-order chi connectivity index (χ1) is 13.3. The molecule has 0 atom stereocenters. The van der Waals surface area contributed by atoms with E-state index in [1.807, 2.05) is 6.92 Å². The van der Waals surface area contributed by atoms with E-state index in [0.717, 1.165) is 6.26 Å². The largest absolute Gasteiger partial charge is 0.497 e. The predicted octanol–water partition coefficient (Wildman–Crippen LogP) is 3.28. The summed E-state index contributed by atoms with van der Waals surface area (Å²) in [4.78, 5) is 12.2. The van der Waals surface area contributed by atoms with E-state index in [1.165, 1.54) is 4.31 Å². The number of amides is 1. The third kappa shape index (κ3) is 6.16. The summed E-state index contributed by atoms with van der Waals surface area (Å²) in [7, 11) is -1.94. The number of carbonyl (C=O) groups is 1. The van der Waals surface area contributed by atoms with E-state index in [-0.39, 0.29) is 18.9 Å². The van der Waals surface area contributed by atoms with Gasteiger partial charge in [0.1, 0.15) is 11.5 Å². The number of hydrogen-bond donors (Lipinski definition) is 1. The van der Waals surface area contributed by atoms with Crippen molar-refractivity contribution in [1.82, 2.24) is 0 Å². The second-order valence-corrected chi connectivity index (χ2v) is 8.02. The Bertz CT molecular complexity index is 882. The van der Waals surface area contributed by atoms with E-state index < -0.39 is 10.0 Å². The van der Waals surface area contributed by atoms with E-state index in [0.29, 0.717) is 35.9 Å². The van der Waals surface area contributed by atoms with Crippen LogP contribution < -0.4 is 19.1 Å². The molecule has 7 nitrogen and oxygen atoms in total. The number of nitrogens with one attached hydrogen (secondary N) is 1. The Balaban J connectivity index is 2.00. The molecule has 1 amide bonds. The van der Waals surface area contributed by atoms with Crippen LogP contribution >= 0.6 is 0 Å². The molecule has 0 radical (unpaired) electrons. The van der Waals surface area contributed by atoms with Gasteiger partial charge in [0.05, 0.1) is 25.7 Å². The van der Waals surface area contributed by atoms with Crippen molar-refractivity contribution in [3.8, 4) is 11.5 Å². The molecule has 0 aliphatic heterocycles. The Morgan fingerprint density at radius 2 is 1.79 bits per heavy atom. The summed E-state index contributed by atoms with van der Waals surface area (Å²) in [6.07, 6.45) is 1.71. The highest BCUT2D eigenvalue weighted by atomic mass is 32.2. The molecule has 0 fully saturated rings. The highest BCUT2D eigenvalue weighted by molar-refractivity contribution is 7.92. The van der Waals surface area contributed by atoms with Crippen LogP contribution in [-0.2, 0) is 14.8 Å². The molecule has 0 saturated carbocycles. The molecule has 0 bridgehead atoms. The van der Waals surface area contributed by atoms with Gasteiger partial charge in [0, 0.05) is 18.7 Å². The third-order valence-electron chi connectivity index (χ3n) is 3.97. The zero-order valence-electron chi connectivity index (χ0n) is 16.3. The monoisotopic (exact) mass is 406 g/mol. The number of rotatable bonds is 10. The second-order valence-electron chi connectivity index (χ2n) is 6.12. The fraction of sp³-hybridized carbons (Fsp3) is 0.350. The number of nitrogens with zero attached hydrogens (tertiary/aromatic N) is 1. The molecule has 8 heteroatoms. The molecule has 0 saturated heterocycles. The standard InChI is InChI=1S/C20H26N2O5S/c1-4-27-19-9-6-5-8-18(19)22(28(3,24)25)15-7-10-20(23)21-16-11-13-17(26-2)14-12-16/h5-6,8-9,11-14H,4,7,10,15H2,1-3H3,(H,21,23). The van der Waals surface area contributed by atoms with Crippen LogP contribution in [0.3, 0.4) is 0 Å². The number of ether oxygens (including phenoxy) is 2. The van der Waals surface area contributed by atoms with Crippen molar-refractivity contribution in [2.75, 3.05) is 36.1 Å². The van der Waals surface area contributed by atoms with Crippen LogP contribution in [0.2, 0.25) is 0 Å². The first kappa shape index (κ1) is 21.6. The van der Waals surface area contributed by atoms with Crippen molar-refractivity contribution in [2.45, 2.75) is 19.8 Å². The van der Waals surface area contributed by atoms with Crippen molar-refractivity contribution in [3.05, 3.63) is 48.5 Å². The van der Waals surface area contributed by atoms with E-state index in [4.69, 9.17) is 9.47 Å². The molecule has 2 aromatic carbocycles. The summed E-state index contributed by atoms with van der Waals surface area (Å²) in [6.45, 7) is 2.45. The average molecular weight is 407 g/mol. The average Bonchev–Trinajstić information content (AvgIpc) is 2.66.